The summed E-state index contributed by atoms with van der Waals surface area (Å²) in [4.78, 5) is 2.22. The molecule has 4 heteroatoms. The van der Waals surface area contributed by atoms with Crippen molar-refractivity contribution in [2.75, 3.05) is 27.8 Å². The monoisotopic (exact) mass is 266 g/mol. The van der Waals surface area contributed by atoms with Gasteiger partial charge in [0, 0.05) is 25.8 Å². The molecule has 108 valence electrons. The van der Waals surface area contributed by atoms with Crippen molar-refractivity contribution in [3.05, 3.63) is 29.8 Å². The lowest BCUT2D eigenvalue weighted by atomic mass is 9.93. The number of hydrogen-bond donors (Lipinski definition) is 1. The van der Waals surface area contributed by atoms with Crippen LogP contribution < -0.4 is 10.5 Å². The summed E-state index contributed by atoms with van der Waals surface area (Å²) >= 11 is 0. The van der Waals surface area contributed by atoms with Crippen LogP contribution in [0.4, 0.5) is 0 Å². The molecule has 0 radical (unpaired) electrons. The highest BCUT2D eigenvalue weighted by atomic mass is 16.5. The van der Waals surface area contributed by atoms with Gasteiger partial charge < -0.3 is 15.2 Å². The Morgan fingerprint density at radius 2 is 1.95 bits per heavy atom. The first-order valence-corrected chi connectivity index (χ1v) is 6.55. The zero-order chi connectivity index (χ0) is 14.5. The molecule has 0 amide bonds. The summed E-state index contributed by atoms with van der Waals surface area (Å²) in [5.74, 6) is 0.902. The molecule has 0 saturated heterocycles. The molecule has 1 aromatic rings. The second kappa shape index (κ2) is 6.89. The third-order valence-electron chi connectivity index (χ3n) is 4.11. The van der Waals surface area contributed by atoms with Crippen LogP contribution in [0.5, 0.6) is 5.75 Å². The average Bonchev–Trinajstić information content (AvgIpc) is 2.45. The smallest absolute Gasteiger partial charge is 0.123 e. The van der Waals surface area contributed by atoms with Gasteiger partial charge in [-0.25, -0.2) is 0 Å². The van der Waals surface area contributed by atoms with Crippen molar-refractivity contribution in [3.8, 4) is 5.75 Å². The maximum absolute atomic E-state index is 5.96. The van der Waals surface area contributed by atoms with E-state index in [0.717, 1.165) is 17.9 Å². The van der Waals surface area contributed by atoms with Gasteiger partial charge in [0.25, 0.3) is 0 Å². The molecule has 0 fully saturated rings. The molecule has 0 aliphatic heterocycles. The summed E-state index contributed by atoms with van der Waals surface area (Å²) in [6, 6.07) is 8.04. The van der Waals surface area contributed by atoms with Gasteiger partial charge in [-0.1, -0.05) is 18.2 Å². The lowest BCUT2D eigenvalue weighted by Crippen LogP contribution is -2.57. The maximum atomic E-state index is 5.96. The van der Waals surface area contributed by atoms with Crippen molar-refractivity contribution < 1.29 is 9.47 Å². The van der Waals surface area contributed by atoms with Crippen molar-refractivity contribution >= 4 is 0 Å². The Morgan fingerprint density at radius 3 is 2.47 bits per heavy atom. The van der Waals surface area contributed by atoms with Gasteiger partial charge in [0.2, 0.25) is 0 Å². The normalized spacial score (nSPS) is 16.2. The molecule has 2 atom stereocenters. The second-order valence-corrected chi connectivity index (χ2v) is 5.11. The minimum atomic E-state index is -0.213. The molecule has 0 heterocycles. The minimum Gasteiger partial charge on any atom is -0.496 e. The zero-order valence-electron chi connectivity index (χ0n) is 12.6. The quantitative estimate of drug-likeness (QED) is 0.818. The highest BCUT2D eigenvalue weighted by molar-refractivity contribution is 5.33. The standard InChI is InChI=1S/C15H26N2O2/c1-12(18-4)15(2,11-16)17(3)10-13-8-6-7-9-14(13)19-5/h6-9,12H,10-11,16H2,1-5H3. The summed E-state index contributed by atoms with van der Waals surface area (Å²) in [7, 11) is 5.48. The molecule has 0 saturated carbocycles. The van der Waals surface area contributed by atoms with E-state index in [-0.39, 0.29) is 11.6 Å². The van der Waals surface area contributed by atoms with E-state index >= 15 is 0 Å². The van der Waals surface area contributed by atoms with Crippen LogP contribution in [0.15, 0.2) is 24.3 Å². The Kier molecular flexibility index (Phi) is 5.79. The number of hydrogen-bond acceptors (Lipinski definition) is 4. The van der Waals surface area contributed by atoms with Gasteiger partial charge in [-0.3, -0.25) is 4.90 Å². The highest BCUT2D eigenvalue weighted by Gasteiger charge is 2.34. The van der Waals surface area contributed by atoms with Crippen molar-refractivity contribution in [3.63, 3.8) is 0 Å². The Bertz CT molecular complexity index is 397. The second-order valence-electron chi connectivity index (χ2n) is 5.11. The summed E-state index contributed by atoms with van der Waals surface area (Å²) < 4.78 is 10.9. The molecule has 2 unspecified atom stereocenters. The number of likely N-dealkylation sites (N-methyl/N-ethyl adjacent to an activating group) is 1. The SMILES string of the molecule is COc1ccccc1CN(C)C(C)(CN)C(C)OC. The average molecular weight is 266 g/mol. The molecule has 2 N–H and O–H groups in total. The number of nitrogens with zero attached hydrogens (tertiary/aromatic N) is 1. The van der Waals surface area contributed by atoms with Gasteiger partial charge in [0.15, 0.2) is 0 Å². The van der Waals surface area contributed by atoms with E-state index in [0.29, 0.717) is 6.54 Å². The van der Waals surface area contributed by atoms with Crippen molar-refractivity contribution in [1.82, 2.24) is 4.90 Å². The summed E-state index contributed by atoms with van der Waals surface area (Å²) in [6.07, 6.45) is 0.0530. The first-order valence-electron chi connectivity index (χ1n) is 6.55. The van der Waals surface area contributed by atoms with E-state index in [9.17, 15) is 0 Å². The van der Waals surface area contributed by atoms with Crippen LogP contribution in [-0.4, -0.2) is 44.4 Å². The van der Waals surface area contributed by atoms with Crippen molar-refractivity contribution in [2.24, 2.45) is 5.73 Å². The third kappa shape index (κ3) is 3.47. The largest absolute Gasteiger partial charge is 0.496 e. The summed E-state index contributed by atoms with van der Waals surface area (Å²) in [5, 5.41) is 0. The molecular formula is C15H26N2O2. The molecule has 19 heavy (non-hydrogen) atoms. The van der Waals surface area contributed by atoms with E-state index < -0.39 is 0 Å². The van der Waals surface area contributed by atoms with Crippen LogP contribution >= 0.6 is 0 Å². The van der Waals surface area contributed by atoms with Crippen LogP contribution in [0.3, 0.4) is 0 Å². The Morgan fingerprint density at radius 1 is 1.32 bits per heavy atom. The lowest BCUT2D eigenvalue weighted by Gasteiger charge is -2.42. The minimum absolute atomic E-state index is 0.0530. The highest BCUT2D eigenvalue weighted by Crippen LogP contribution is 2.25. The van der Waals surface area contributed by atoms with E-state index in [2.05, 4.69) is 24.9 Å². The molecule has 0 spiro atoms. The molecule has 4 nitrogen and oxygen atoms in total. The Hall–Kier alpha value is -1.10. The number of rotatable bonds is 7. The molecule has 1 aromatic carbocycles. The van der Waals surface area contributed by atoms with Crippen LogP contribution in [0, 0.1) is 0 Å². The number of methoxy groups -OCH3 is 2. The first-order chi connectivity index (χ1) is 8.99. The van der Waals surface area contributed by atoms with E-state index in [1.165, 1.54) is 0 Å². The van der Waals surface area contributed by atoms with Gasteiger partial charge in [-0.15, -0.1) is 0 Å². The van der Waals surface area contributed by atoms with Gasteiger partial charge >= 0.3 is 0 Å². The van der Waals surface area contributed by atoms with Crippen molar-refractivity contribution in [2.45, 2.75) is 32.0 Å². The first kappa shape index (κ1) is 16.0. The van der Waals surface area contributed by atoms with Crippen LogP contribution in [0.25, 0.3) is 0 Å². The number of para-hydroxylation sites is 1. The van der Waals surface area contributed by atoms with E-state index in [4.69, 9.17) is 15.2 Å². The zero-order valence-corrected chi connectivity index (χ0v) is 12.6. The van der Waals surface area contributed by atoms with Gasteiger partial charge in [0.05, 0.1) is 18.8 Å². The predicted octanol–water partition coefficient (Wildman–Crippen LogP) is 1.88. The van der Waals surface area contributed by atoms with E-state index in [1.54, 1.807) is 14.2 Å². The van der Waals surface area contributed by atoms with Crippen molar-refractivity contribution in [1.29, 1.82) is 0 Å². The van der Waals surface area contributed by atoms with Gasteiger partial charge in [0.1, 0.15) is 5.75 Å². The number of nitrogens with two attached hydrogens (primary N) is 1. The maximum Gasteiger partial charge on any atom is 0.123 e. The predicted molar refractivity (Wildman–Crippen MR) is 78.4 cm³/mol. The van der Waals surface area contributed by atoms with E-state index in [1.807, 2.05) is 25.1 Å². The molecule has 0 aliphatic carbocycles. The Labute approximate surface area is 116 Å². The fourth-order valence-corrected chi connectivity index (χ4v) is 2.16. The fraction of sp³-hybridized carbons (Fsp3) is 0.600. The fourth-order valence-electron chi connectivity index (χ4n) is 2.16. The van der Waals surface area contributed by atoms with Crippen LogP contribution in [-0.2, 0) is 11.3 Å². The molecule has 0 bridgehead atoms. The van der Waals surface area contributed by atoms with Gasteiger partial charge in [-0.2, -0.15) is 0 Å². The molecule has 0 aromatic heterocycles. The molecular weight excluding hydrogens is 240 g/mol. The van der Waals surface area contributed by atoms with Gasteiger partial charge in [-0.05, 0) is 27.0 Å². The van der Waals surface area contributed by atoms with Crippen LogP contribution in [0.1, 0.15) is 19.4 Å². The number of ether oxygens (including phenoxy) is 2. The number of benzene rings is 1. The summed E-state index contributed by atoms with van der Waals surface area (Å²) in [6.45, 7) is 5.47. The third-order valence-corrected chi connectivity index (χ3v) is 4.11. The summed E-state index contributed by atoms with van der Waals surface area (Å²) in [5.41, 5.74) is 6.89. The topological polar surface area (TPSA) is 47.7 Å². The lowest BCUT2D eigenvalue weighted by molar-refractivity contribution is -0.0232. The molecule has 1 rings (SSSR count). The molecule has 0 aliphatic rings. The Balaban J connectivity index is 2.91. The van der Waals surface area contributed by atoms with Crippen LogP contribution in [0.2, 0.25) is 0 Å².